The van der Waals surface area contributed by atoms with E-state index in [1.165, 1.54) is 5.56 Å². The fourth-order valence-corrected chi connectivity index (χ4v) is 2.03. The van der Waals surface area contributed by atoms with Crippen LogP contribution in [-0.4, -0.2) is 12.1 Å². The van der Waals surface area contributed by atoms with Crippen LogP contribution in [0.4, 0.5) is 0 Å². The van der Waals surface area contributed by atoms with E-state index in [-0.39, 0.29) is 5.54 Å². The Kier molecular flexibility index (Phi) is 3.42. The van der Waals surface area contributed by atoms with Gasteiger partial charge in [-0.15, -0.1) is 6.58 Å². The number of allylic oxidation sites excluding steroid dienone is 1. The van der Waals surface area contributed by atoms with Crippen LogP contribution in [0.5, 0.6) is 0 Å². The van der Waals surface area contributed by atoms with Crippen LogP contribution in [0.3, 0.4) is 0 Å². The standard InChI is InChI=1S/C14H19NO/c1-2-6-13-9-14(13,15)11-16-10-12-7-4-3-5-8-12/h2-5,7-8,13H,1,6,9-11,15H2/t13-,14-/m1/s1. The van der Waals surface area contributed by atoms with E-state index in [0.717, 1.165) is 12.8 Å². The Labute approximate surface area is 97.1 Å². The van der Waals surface area contributed by atoms with Gasteiger partial charge in [-0.05, 0) is 24.3 Å². The van der Waals surface area contributed by atoms with Crippen LogP contribution < -0.4 is 5.73 Å². The third-order valence-electron chi connectivity index (χ3n) is 3.21. The maximum atomic E-state index is 6.17. The van der Waals surface area contributed by atoms with Gasteiger partial charge in [0, 0.05) is 5.54 Å². The molecule has 0 heterocycles. The SMILES string of the molecule is C=CC[C@@H]1C[C@@]1(N)COCc1ccccc1. The van der Waals surface area contributed by atoms with Gasteiger partial charge in [-0.3, -0.25) is 0 Å². The zero-order chi connectivity index (χ0) is 11.4. The smallest absolute Gasteiger partial charge is 0.0717 e. The fourth-order valence-electron chi connectivity index (χ4n) is 2.03. The zero-order valence-electron chi connectivity index (χ0n) is 9.56. The molecule has 1 aliphatic rings. The predicted octanol–water partition coefficient (Wildman–Crippen LogP) is 2.50. The van der Waals surface area contributed by atoms with Gasteiger partial charge < -0.3 is 10.5 Å². The Hall–Kier alpha value is -1.12. The molecular formula is C14H19NO. The molecule has 0 amide bonds. The summed E-state index contributed by atoms with van der Waals surface area (Å²) in [6.45, 7) is 5.04. The van der Waals surface area contributed by atoms with Crippen molar-refractivity contribution in [2.24, 2.45) is 11.7 Å². The van der Waals surface area contributed by atoms with Crippen LogP contribution >= 0.6 is 0 Å². The van der Waals surface area contributed by atoms with Crippen LogP contribution in [0, 0.1) is 5.92 Å². The third kappa shape index (κ3) is 2.71. The van der Waals surface area contributed by atoms with Gasteiger partial charge >= 0.3 is 0 Å². The minimum absolute atomic E-state index is 0.0943. The maximum Gasteiger partial charge on any atom is 0.0717 e. The maximum absolute atomic E-state index is 6.17. The molecule has 1 saturated carbocycles. The van der Waals surface area contributed by atoms with Crippen molar-refractivity contribution in [3.05, 3.63) is 48.6 Å². The Morgan fingerprint density at radius 1 is 1.44 bits per heavy atom. The molecule has 1 fully saturated rings. The van der Waals surface area contributed by atoms with Gasteiger partial charge in [0.05, 0.1) is 13.2 Å². The second-order valence-corrected chi connectivity index (χ2v) is 4.64. The number of hydrogen-bond acceptors (Lipinski definition) is 2. The van der Waals surface area contributed by atoms with Crippen molar-refractivity contribution < 1.29 is 4.74 Å². The lowest BCUT2D eigenvalue weighted by Crippen LogP contribution is -2.31. The highest BCUT2D eigenvalue weighted by Crippen LogP contribution is 2.43. The molecule has 0 spiro atoms. The first-order valence-electron chi connectivity index (χ1n) is 5.76. The van der Waals surface area contributed by atoms with Crippen molar-refractivity contribution in [3.63, 3.8) is 0 Å². The molecule has 2 N–H and O–H groups in total. The lowest BCUT2D eigenvalue weighted by Gasteiger charge is -2.11. The Balaban J connectivity index is 1.71. The van der Waals surface area contributed by atoms with Crippen molar-refractivity contribution in [1.29, 1.82) is 0 Å². The van der Waals surface area contributed by atoms with E-state index in [2.05, 4.69) is 18.7 Å². The molecule has 16 heavy (non-hydrogen) atoms. The molecule has 2 nitrogen and oxygen atoms in total. The summed E-state index contributed by atoms with van der Waals surface area (Å²) in [5.41, 5.74) is 7.27. The average Bonchev–Trinajstić information content (AvgIpc) is 2.91. The van der Waals surface area contributed by atoms with Gasteiger partial charge in [0.1, 0.15) is 0 Å². The lowest BCUT2D eigenvalue weighted by atomic mass is 10.2. The Bertz CT molecular complexity index is 349. The van der Waals surface area contributed by atoms with Crippen LogP contribution in [0.25, 0.3) is 0 Å². The van der Waals surface area contributed by atoms with E-state index < -0.39 is 0 Å². The minimum atomic E-state index is -0.0943. The van der Waals surface area contributed by atoms with Crippen molar-refractivity contribution in [1.82, 2.24) is 0 Å². The molecular weight excluding hydrogens is 198 g/mol. The largest absolute Gasteiger partial charge is 0.375 e. The topological polar surface area (TPSA) is 35.2 Å². The fraction of sp³-hybridized carbons (Fsp3) is 0.429. The minimum Gasteiger partial charge on any atom is -0.375 e. The van der Waals surface area contributed by atoms with Crippen molar-refractivity contribution in [3.8, 4) is 0 Å². The summed E-state index contributed by atoms with van der Waals surface area (Å²) in [5.74, 6) is 0.570. The second kappa shape index (κ2) is 4.81. The normalized spacial score (nSPS) is 27.7. The molecule has 2 heteroatoms. The first-order chi connectivity index (χ1) is 7.74. The summed E-state index contributed by atoms with van der Waals surface area (Å²) in [5, 5.41) is 0. The molecule has 86 valence electrons. The monoisotopic (exact) mass is 217 g/mol. The number of nitrogens with two attached hydrogens (primary N) is 1. The van der Waals surface area contributed by atoms with Crippen LogP contribution in [0.2, 0.25) is 0 Å². The van der Waals surface area contributed by atoms with E-state index in [1.807, 2.05) is 24.3 Å². The lowest BCUT2D eigenvalue weighted by molar-refractivity contribution is 0.0981. The predicted molar refractivity (Wildman–Crippen MR) is 65.9 cm³/mol. The molecule has 0 unspecified atom stereocenters. The van der Waals surface area contributed by atoms with Gasteiger partial charge in [-0.25, -0.2) is 0 Å². The third-order valence-corrected chi connectivity index (χ3v) is 3.21. The van der Waals surface area contributed by atoms with Gasteiger partial charge in [0.15, 0.2) is 0 Å². The highest BCUT2D eigenvalue weighted by molar-refractivity contribution is 5.14. The number of rotatable bonds is 6. The van der Waals surface area contributed by atoms with Crippen LogP contribution in [0.1, 0.15) is 18.4 Å². The summed E-state index contributed by atoms with van der Waals surface area (Å²) in [6, 6.07) is 10.2. The molecule has 0 radical (unpaired) electrons. The van der Waals surface area contributed by atoms with E-state index in [9.17, 15) is 0 Å². The van der Waals surface area contributed by atoms with Gasteiger partial charge in [0.25, 0.3) is 0 Å². The first kappa shape index (κ1) is 11.4. The molecule has 0 aromatic heterocycles. The zero-order valence-corrected chi connectivity index (χ0v) is 9.56. The molecule has 2 atom stereocenters. The Morgan fingerprint density at radius 3 is 2.88 bits per heavy atom. The number of benzene rings is 1. The van der Waals surface area contributed by atoms with Crippen molar-refractivity contribution >= 4 is 0 Å². The number of hydrogen-bond donors (Lipinski definition) is 1. The Morgan fingerprint density at radius 2 is 2.19 bits per heavy atom. The molecule has 0 aliphatic heterocycles. The molecule has 1 aliphatic carbocycles. The first-order valence-corrected chi connectivity index (χ1v) is 5.76. The highest BCUT2D eigenvalue weighted by Gasteiger charge is 2.49. The van der Waals surface area contributed by atoms with Crippen molar-refractivity contribution in [2.75, 3.05) is 6.61 Å². The molecule has 0 saturated heterocycles. The summed E-state index contributed by atoms with van der Waals surface area (Å²) in [6.07, 6.45) is 4.01. The molecule has 2 rings (SSSR count). The van der Waals surface area contributed by atoms with Gasteiger partial charge in [-0.1, -0.05) is 36.4 Å². The molecule has 1 aromatic rings. The van der Waals surface area contributed by atoms with E-state index >= 15 is 0 Å². The van der Waals surface area contributed by atoms with Crippen molar-refractivity contribution in [2.45, 2.75) is 25.0 Å². The highest BCUT2D eigenvalue weighted by atomic mass is 16.5. The van der Waals surface area contributed by atoms with Crippen LogP contribution in [0.15, 0.2) is 43.0 Å². The summed E-state index contributed by atoms with van der Waals surface area (Å²) in [7, 11) is 0. The van der Waals surface area contributed by atoms with E-state index in [1.54, 1.807) is 0 Å². The van der Waals surface area contributed by atoms with Gasteiger partial charge in [-0.2, -0.15) is 0 Å². The summed E-state index contributed by atoms with van der Waals surface area (Å²) in [4.78, 5) is 0. The molecule has 0 bridgehead atoms. The summed E-state index contributed by atoms with van der Waals surface area (Å²) < 4.78 is 5.66. The van der Waals surface area contributed by atoms with Gasteiger partial charge in [0.2, 0.25) is 0 Å². The molecule has 1 aromatic carbocycles. The van der Waals surface area contributed by atoms with Crippen LogP contribution in [-0.2, 0) is 11.3 Å². The van der Waals surface area contributed by atoms with E-state index in [4.69, 9.17) is 10.5 Å². The quantitative estimate of drug-likeness (QED) is 0.743. The average molecular weight is 217 g/mol. The van der Waals surface area contributed by atoms with E-state index in [0.29, 0.717) is 19.1 Å². The summed E-state index contributed by atoms with van der Waals surface area (Å²) >= 11 is 0. The number of ether oxygens (including phenoxy) is 1. The second-order valence-electron chi connectivity index (χ2n) is 4.64.